The van der Waals surface area contributed by atoms with E-state index in [2.05, 4.69) is 10.2 Å². The predicted molar refractivity (Wildman–Crippen MR) is 57.2 cm³/mol. The van der Waals surface area contributed by atoms with E-state index in [0.29, 0.717) is 5.02 Å². The molecule has 0 aliphatic rings. The minimum absolute atomic E-state index is 0.642. The zero-order chi connectivity index (χ0) is 9.97. The molecule has 14 heavy (non-hydrogen) atoms. The number of aryl methyl sites for hydroxylation is 1. The maximum absolute atomic E-state index is 6.06. The second kappa shape index (κ2) is 3.76. The van der Waals surface area contributed by atoms with Crippen LogP contribution in [0.3, 0.4) is 0 Å². The van der Waals surface area contributed by atoms with Crippen LogP contribution in [0.25, 0.3) is 11.3 Å². The molecule has 2 aromatic rings. The Morgan fingerprint density at radius 2 is 1.79 bits per heavy atom. The molecule has 0 N–H and O–H groups in total. The van der Waals surface area contributed by atoms with Gasteiger partial charge in [-0.25, -0.2) is 0 Å². The molecule has 0 radical (unpaired) electrons. The quantitative estimate of drug-likeness (QED) is 0.714. The Balaban J connectivity index is 2.53. The van der Waals surface area contributed by atoms with E-state index in [-0.39, 0.29) is 0 Å². The molecule has 1 heterocycles. The molecule has 0 saturated heterocycles. The molecule has 3 heteroatoms. The number of aromatic nitrogens is 2. The molecular formula is C11H9ClN2. The van der Waals surface area contributed by atoms with Gasteiger partial charge in [-0.3, -0.25) is 0 Å². The number of benzene rings is 1. The van der Waals surface area contributed by atoms with Crippen LogP contribution in [0.4, 0.5) is 0 Å². The minimum atomic E-state index is 0.642. The fraction of sp³-hybridized carbons (Fsp3) is 0.0909. The highest BCUT2D eigenvalue weighted by Gasteiger charge is 2.04. The predicted octanol–water partition coefficient (Wildman–Crippen LogP) is 3.11. The Morgan fingerprint density at radius 1 is 1.07 bits per heavy atom. The van der Waals surface area contributed by atoms with Crippen molar-refractivity contribution in [3.63, 3.8) is 0 Å². The standard InChI is InChI=1S/C11H9ClN2/c1-8-7-10(12)11(14-13-8)9-5-3-2-4-6-9/h2-7H,1H3. The number of rotatable bonds is 1. The summed E-state index contributed by atoms with van der Waals surface area (Å²) in [7, 11) is 0. The van der Waals surface area contributed by atoms with E-state index in [1.807, 2.05) is 43.3 Å². The highest BCUT2D eigenvalue weighted by Crippen LogP contribution is 2.24. The molecule has 2 rings (SSSR count). The third-order valence-electron chi connectivity index (χ3n) is 1.92. The number of hydrogen-bond donors (Lipinski definition) is 0. The molecule has 0 saturated carbocycles. The lowest BCUT2D eigenvalue weighted by atomic mass is 10.1. The maximum atomic E-state index is 6.06. The molecule has 1 aromatic heterocycles. The fourth-order valence-corrected chi connectivity index (χ4v) is 1.55. The summed E-state index contributed by atoms with van der Waals surface area (Å²) >= 11 is 6.06. The first kappa shape index (κ1) is 9.16. The van der Waals surface area contributed by atoms with Crippen molar-refractivity contribution in [2.45, 2.75) is 6.92 Å². The maximum Gasteiger partial charge on any atom is 0.112 e. The summed E-state index contributed by atoms with van der Waals surface area (Å²) in [4.78, 5) is 0. The average Bonchev–Trinajstić information content (AvgIpc) is 2.19. The molecule has 0 aliphatic heterocycles. The molecule has 0 aliphatic carbocycles. The second-order valence-corrected chi connectivity index (χ2v) is 3.46. The van der Waals surface area contributed by atoms with Gasteiger partial charge in [0.15, 0.2) is 0 Å². The molecule has 70 valence electrons. The van der Waals surface area contributed by atoms with Gasteiger partial charge in [0.1, 0.15) is 5.69 Å². The van der Waals surface area contributed by atoms with Crippen LogP contribution in [0, 0.1) is 6.92 Å². The van der Waals surface area contributed by atoms with Crippen molar-refractivity contribution in [2.24, 2.45) is 0 Å². The van der Waals surface area contributed by atoms with Crippen molar-refractivity contribution in [1.29, 1.82) is 0 Å². The lowest BCUT2D eigenvalue weighted by Gasteiger charge is -2.02. The van der Waals surface area contributed by atoms with Crippen LogP contribution in [0.5, 0.6) is 0 Å². The van der Waals surface area contributed by atoms with E-state index in [0.717, 1.165) is 17.0 Å². The van der Waals surface area contributed by atoms with Crippen molar-refractivity contribution in [3.05, 3.63) is 47.1 Å². The van der Waals surface area contributed by atoms with Crippen LogP contribution >= 0.6 is 11.6 Å². The van der Waals surface area contributed by atoms with Gasteiger partial charge in [0.25, 0.3) is 0 Å². The summed E-state index contributed by atoms with van der Waals surface area (Å²) in [6, 6.07) is 11.6. The summed E-state index contributed by atoms with van der Waals surface area (Å²) in [6.07, 6.45) is 0. The van der Waals surface area contributed by atoms with E-state index in [1.54, 1.807) is 0 Å². The van der Waals surface area contributed by atoms with Gasteiger partial charge in [0, 0.05) is 5.56 Å². The van der Waals surface area contributed by atoms with Gasteiger partial charge in [-0.2, -0.15) is 5.10 Å². The third-order valence-corrected chi connectivity index (χ3v) is 2.20. The van der Waals surface area contributed by atoms with E-state index in [4.69, 9.17) is 11.6 Å². The van der Waals surface area contributed by atoms with Crippen molar-refractivity contribution in [2.75, 3.05) is 0 Å². The molecule has 0 unspecified atom stereocenters. The highest BCUT2D eigenvalue weighted by molar-refractivity contribution is 6.33. The molecule has 0 amide bonds. The van der Waals surface area contributed by atoms with E-state index in [9.17, 15) is 0 Å². The van der Waals surface area contributed by atoms with Crippen LogP contribution < -0.4 is 0 Å². The van der Waals surface area contributed by atoms with Crippen LogP contribution in [0.1, 0.15) is 5.69 Å². The van der Waals surface area contributed by atoms with E-state index < -0.39 is 0 Å². The summed E-state index contributed by atoms with van der Waals surface area (Å²) in [6.45, 7) is 1.87. The highest BCUT2D eigenvalue weighted by atomic mass is 35.5. The van der Waals surface area contributed by atoms with Crippen LogP contribution in [0.2, 0.25) is 5.02 Å². The van der Waals surface area contributed by atoms with Gasteiger partial charge in [-0.1, -0.05) is 41.9 Å². The van der Waals surface area contributed by atoms with Crippen LogP contribution in [-0.2, 0) is 0 Å². The van der Waals surface area contributed by atoms with Gasteiger partial charge in [0.2, 0.25) is 0 Å². The number of hydrogen-bond acceptors (Lipinski definition) is 2. The van der Waals surface area contributed by atoms with Gasteiger partial charge in [-0.05, 0) is 13.0 Å². The second-order valence-electron chi connectivity index (χ2n) is 3.05. The van der Waals surface area contributed by atoms with Crippen molar-refractivity contribution < 1.29 is 0 Å². The number of halogens is 1. The van der Waals surface area contributed by atoms with Crippen molar-refractivity contribution >= 4 is 11.6 Å². The minimum Gasteiger partial charge on any atom is -0.155 e. The lowest BCUT2D eigenvalue weighted by Crippen LogP contribution is -1.91. The lowest BCUT2D eigenvalue weighted by molar-refractivity contribution is 0.987. The largest absolute Gasteiger partial charge is 0.155 e. The molecule has 0 bridgehead atoms. The average molecular weight is 205 g/mol. The Bertz CT molecular complexity index is 440. The molecule has 2 nitrogen and oxygen atoms in total. The zero-order valence-corrected chi connectivity index (χ0v) is 8.49. The van der Waals surface area contributed by atoms with Crippen molar-refractivity contribution in [1.82, 2.24) is 10.2 Å². The zero-order valence-electron chi connectivity index (χ0n) is 7.74. The Kier molecular flexibility index (Phi) is 2.46. The van der Waals surface area contributed by atoms with Crippen molar-refractivity contribution in [3.8, 4) is 11.3 Å². The summed E-state index contributed by atoms with van der Waals surface area (Å²) in [5.41, 5.74) is 2.55. The van der Waals surface area contributed by atoms with E-state index >= 15 is 0 Å². The van der Waals surface area contributed by atoms with Gasteiger partial charge in [-0.15, -0.1) is 5.10 Å². The molecule has 0 fully saturated rings. The van der Waals surface area contributed by atoms with E-state index in [1.165, 1.54) is 0 Å². The van der Waals surface area contributed by atoms with Gasteiger partial charge >= 0.3 is 0 Å². The fourth-order valence-electron chi connectivity index (χ4n) is 1.25. The first-order valence-corrected chi connectivity index (χ1v) is 4.70. The van der Waals surface area contributed by atoms with Crippen LogP contribution in [0.15, 0.2) is 36.4 Å². The topological polar surface area (TPSA) is 25.8 Å². The summed E-state index contributed by atoms with van der Waals surface area (Å²) in [5, 5.41) is 8.69. The molecule has 0 atom stereocenters. The molecule has 0 spiro atoms. The first-order chi connectivity index (χ1) is 6.77. The Labute approximate surface area is 87.6 Å². The Hall–Kier alpha value is -1.41. The SMILES string of the molecule is Cc1cc(Cl)c(-c2ccccc2)nn1. The van der Waals surface area contributed by atoms with Gasteiger partial charge in [0.05, 0.1) is 10.7 Å². The normalized spacial score (nSPS) is 10.1. The smallest absolute Gasteiger partial charge is 0.112 e. The summed E-state index contributed by atoms with van der Waals surface area (Å²) in [5.74, 6) is 0. The van der Waals surface area contributed by atoms with Crippen LogP contribution in [-0.4, -0.2) is 10.2 Å². The molecular weight excluding hydrogens is 196 g/mol. The Morgan fingerprint density at radius 3 is 2.43 bits per heavy atom. The number of nitrogens with zero attached hydrogens (tertiary/aromatic N) is 2. The third kappa shape index (κ3) is 1.75. The van der Waals surface area contributed by atoms with Gasteiger partial charge < -0.3 is 0 Å². The monoisotopic (exact) mass is 204 g/mol. The first-order valence-electron chi connectivity index (χ1n) is 4.32. The molecule has 1 aromatic carbocycles. The summed E-state index contributed by atoms with van der Waals surface area (Å²) < 4.78 is 0.